The minimum absolute atomic E-state index is 0.0668. The molecular weight excluding hydrogens is 330 g/mol. The van der Waals surface area contributed by atoms with E-state index < -0.39 is 0 Å². The lowest BCUT2D eigenvalue weighted by Crippen LogP contribution is -2.53. The largest absolute Gasteiger partial charge is 0.481 e. The molecule has 6 nitrogen and oxygen atoms in total. The molecule has 2 aromatic rings. The van der Waals surface area contributed by atoms with Gasteiger partial charge in [-0.3, -0.25) is 9.69 Å². The van der Waals surface area contributed by atoms with Gasteiger partial charge in [-0.2, -0.15) is 0 Å². The number of benzene rings is 1. The summed E-state index contributed by atoms with van der Waals surface area (Å²) in [5.74, 6) is 0.564. The van der Waals surface area contributed by atoms with Gasteiger partial charge in [0.25, 0.3) is 5.91 Å². The van der Waals surface area contributed by atoms with E-state index in [2.05, 4.69) is 15.2 Å². The summed E-state index contributed by atoms with van der Waals surface area (Å²) in [6, 6.07) is 14.8. The van der Waals surface area contributed by atoms with E-state index in [-0.39, 0.29) is 24.5 Å². The van der Waals surface area contributed by atoms with Gasteiger partial charge in [-0.1, -0.05) is 24.3 Å². The molecule has 2 atom stereocenters. The Morgan fingerprint density at radius 3 is 2.81 bits per heavy atom. The molecule has 1 aromatic heterocycles. The van der Waals surface area contributed by atoms with Crippen molar-refractivity contribution >= 4 is 5.91 Å². The number of aromatic nitrogens is 1. The number of amides is 1. The van der Waals surface area contributed by atoms with Crippen LogP contribution < -0.4 is 10.1 Å². The van der Waals surface area contributed by atoms with Crippen molar-refractivity contribution in [2.24, 2.45) is 5.92 Å². The summed E-state index contributed by atoms with van der Waals surface area (Å²) in [4.78, 5) is 19.2. The van der Waals surface area contributed by atoms with Gasteiger partial charge in [0.05, 0.1) is 12.8 Å². The van der Waals surface area contributed by atoms with E-state index in [1.165, 1.54) is 0 Å². The number of likely N-dealkylation sites (tertiary alicyclic amines) is 1. The molecule has 1 amide bonds. The average molecular weight is 355 g/mol. The Morgan fingerprint density at radius 2 is 2.08 bits per heavy atom. The van der Waals surface area contributed by atoms with Gasteiger partial charge in [0.1, 0.15) is 0 Å². The maximum Gasteiger partial charge on any atom is 0.251 e. The Hall–Kier alpha value is -2.44. The van der Waals surface area contributed by atoms with E-state index in [9.17, 15) is 9.90 Å². The van der Waals surface area contributed by atoms with Crippen LogP contribution in [0.25, 0.3) is 0 Å². The van der Waals surface area contributed by atoms with Crippen LogP contribution in [0.15, 0.2) is 48.5 Å². The van der Waals surface area contributed by atoms with Crippen LogP contribution in [0.5, 0.6) is 5.88 Å². The van der Waals surface area contributed by atoms with Crippen LogP contribution in [0.1, 0.15) is 22.5 Å². The average Bonchev–Trinajstić information content (AvgIpc) is 2.69. The Morgan fingerprint density at radius 1 is 1.27 bits per heavy atom. The van der Waals surface area contributed by atoms with Crippen LogP contribution in [-0.4, -0.2) is 53.7 Å². The zero-order valence-electron chi connectivity index (χ0n) is 15.0. The fourth-order valence-electron chi connectivity index (χ4n) is 3.32. The van der Waals surface area contributed by atoms with Crippen molar-refractivity contribution in [1.29, 1.82) is 0 Å². The first kappa shape index (κ1) is 18.4. The quantitative estimate of drug-likeness (QED) is 0.825. The number of rotatable bonds is 6. The first-order valence-corrected chi connectivity index (χ1v) is 8.88. The predicted molar refractivity (Wildman–Crippen MR) is 99.0 cm³/mol. The minimum atomic E-state index is -0.101. The molecule has 1 fully saturated rings. The fraction of sp³-hybridized carbons (Fsp3) is 0.400. The Kier molecular flexibility index (Phi) is 6.20. The monoisotopic (exact) mass is 355 g/mol. The Balaban J connectivity index is 1.65. The summed E-state index contributed by atoms with van der Waals surface area (Å²) in [7, 11) is 1.61. The summed E-state index contributed by atoms with van der Waals surface area (Å²) >= 11 is 0. The number of piperidine rings is 1. The molecule has 6 heteroatoms. The number of nitrogens with zero attached hydrogens (tertiary/aromatic N) is 2. The Labute approximate surface area is 153 Å². The third-order valence-corrected chi connectivity index (χ3v) is 4.80. The molecule has 26 heavy (non-hydrogen) atoms. The topological polar surface area (TPSA) is 74.7 Å². The van der Waals surface area contributed by atoms with Gasteiger partial charge >= 0.3 is 0 Å². The third-order valence-electron chi connectivity index (χ3n) is 4.80. The number of carbonyl (C=O) groups is 1. The minimum Gasteiger partial charge on any atom is -0.481 e. The zero-order chi connectivity index (χ0) is 18.4. The van der Waals surface area contributed by atoms with Gasteiger partial charge in [-0.25, -0.2) is 4.98 Å². The first-order chi connectivity index (χ1) is 12.7. The van der Waals surface area contributed by atoms with E-state index in [1.54, 1.807) is 19.2 Å². The summed E-state index contributed by atoms with van der Waals surface area (Å²) < 4.78 is 5.18. The highest BCUT2D eigenvalue weighted by molar-refractivity contribution is 5.94. The number of methoxy groups -OCH3 is 1. The maximum absolute atomic E-state index is 12.5. The van der Waals surface area contributed by atoms with Gasteiger partial charge < -0.3 is 15.2 Å². The zero-order valence-corrected chi connectivity index (χ0v) is 15.0. The number of hydrogen-bond acceptors (Lipinski definition) is 5. The number of nitrogens with one attached hydrogen (secondary N) is 1. The molecule has 0 spiro atoms. The second-order valence-corrected chi connectivity index (χ2v) is 6.58. The SMILES string of the molecule is COc1cccc(CN2CC[C@H](CO)[C@H](NC(=O)c3ccccc3)C2)n1. The summed E-state index contributed by atoms with van der Waals surface area (Å²) in [5, 5.41) is 12.8. The molecule has 138 valence electrons. The molecule has 0 aliphatic carbocycles. The second-order valence-electron chi connectivity index (χ2n) is 6.58. The van der Waals surface area contributed by atoms with E-state index in [0.29, 0.717) is 24.5 Å². The molecule has 2 N–H and O–H groups in total. The number of aliphatic hydroxyl groups is 1. The molecule has 1 aliphatic rings. The normalized spacial score (nSPS) is 20.5. The van der Waals surface area contributed by atoms with Crippen LogP contribution in [0, 0.1) is 5.92 Å². The van der Waals surface area contributed by atoms with E-state index in [4.69, 9.17) is 4.74 Å². The lowest BCUT2D eigenvalue weighted by molar-refractivity contribution is 0.0727. The lowest BCUT2D eigenvalue weighted by atomic mass is 9.92. The number of pyridine rings is 1. The lowest BCUT2D eigenvalue weighted by Gasteiger charge is -2.38. The summed E-state index contributed by atoms with van der Waals surface area (Å²) in [6.07, 6.45) is 0.834. The highest BCUT2D eigenvalue weighted by Gasteiger charge is 2.30. The van der Waals surface area contributed by atoms with Crippen molar-refractivity contribution in [2.75, 3.05) is 26.8 Å². The smallest absolute Gasteiger partial charge is 0.251 e. The highest BCUT2D eigenvalue weighted by Crippen LogP contribution is 2.20. The van der Waals surface area contributed by atoms with Crippen LogP contribution in [-0.2, 0) is 6.54 Å². The van der Waals surface area contributed by atoms with Gasteiger partial charge in [-0.05, 0) is 31.2 Å². The van der Waals surface area contributed by atoms with E-state index in [0.717, 1.165) is 18.7 Å². The first-order valence-electron chi connectivity index (χ1n) is 8.88. The van der Waals surface area contributed by atoms with Crippen LogP contribution in [0.3, 0.4) is 0 Å². The Bertz CT molecular complexity index is 723. The highest BCUT2D eigenvalue weighted by atomic mass is 16.5. The van der Waals surface area contributed by atoms with Gasteiger partial charge in [-0.15, -0.1) is 0 Å². The number of carbonyl (C=O) groups excluding carboxylic acids is 1. The van der Waals surface area contributed by atoms with Crippen LogP contribution >= 0.6 is 0 Å². The van der Waals surface area contributed by atoms with Crippen molar-refractivity contribution in [3.05, 3.63) is 59.8 Å². The van der Waals surface area contributed by atoms with Crippen molar-refractivity contribution in [3.63, 3.8) is 0 Å². The third kappa shape index (κ3) is 4.59. The molecule has 1 aliphatic heterocycles. The molecular formula is C20H25N3O3. The van der Waals surface area contributed by atoms with Crippen molar-refractivity contribution < 1.29 is 14.6 Å². The van der Waals surface area contributed by atoms with Crippen LogP contribution in [0.4, 0.5) is 0 Å². The number of ether oxygens (including phenoxy) is 1. The molecule has 0 saturated carbocycles. The molecule has 1 aromatic carbocycles. The molecule has 3 rings (SSSR count). The summed E-state index contributed by atoms with van der Waals surface area (Å²) in [5.41, 5.74) is 1.57. The maximum atomic E-state index is 12.5. The van der Waals surface area contributed by atoms with Gasteiger partial charge in [0.15, 0.2) is 0 Å². The molecule has 2 heterocycles. The molecule has 0 unspecified atom stereocenters. The van der Waals surface area contributed by atoms with Gasteiger partial charge in [0, 0.05) is 43.3 Å². The molecule has 0 bridgehead atoms. The number of hydrogen-bond donors (Lipinski definition) is 2. The van der Waals surface area contributed by atoms with E-state index in [1.807, 2.05) is 36.4 Å². The fourth-order valence-corrected chi connectivity index (χ4v) is 3.32. The second kappa shape index (κ2) is 8.78. The van der Waals surface area contributed by atoms with Crippen molar-refractivity contribution in [2.45, 2.75) is 19.0 Å². The van der Waals surface area contributed by atoms with Gasteiger partial charge in [0.2, 0.25) is 5.88 Å². The summed E-state index contributed by atoms with van der Waals surface area (Å²) in [6.45, 7) is 2.31. The molecule has 0 radical (unpaired) electrons. The van der Waals surface area contributed by atoms with Crippen molar-refractivity contribution in [1.82, 2.24) is 15.2 Å². The van der Waals surface area contributed by atoms with E-state index >= 15 is 0 Å². The van der Waals surface area contributed by atoms with Crippen molar-refractivity contribution in [3.8, 4) is 5.88 Å². The van der Waals surface area contributed by atoms with Crippen LogP contribution in [0.2, 0.25) is 0 Å². The standard InChI is InChI=1S/C20H25N3O3/c1-26-19-9-5-8-17(21-19)12-23-11-10-16(14-24)18(13-23)22-20(25)15-6-3-2-4-7-15/h2-9,16,18,24H,10-14H2,1H3,(H,22,25)/t16-,18-/m1/s1. The molecule has 1 saturated heterocycles. The number of aliphatic hydroxyl groups excluding tert-OH is 1. The predicted octanol–water partition coefficient (Wildman–Crippen LogP) is 1.70.